The van der Waals surface area contributed by atoms with Crippen LogP contribution in [-0.4, -0.2) is 56.0 Å². The van der Waals surface area contributed by atoms with Crippen molar-refractivity contribution < 1.29 is 4.79 Å². The molecule has 0 atom stereocenters. The number of aromatic nitrogens is 4. The van der Waals surface area contributed by atoms with Gasteiger partial charge in [0.1, 0.15) is 5.65 Å². The van der Waals surface area contributed by atoms with E-state index in [9.17, 15) is 4.79 Å². The zero-order chi connectivity index (χ0) is 18.6. The average molecular weight is 365 g/mol. The molecule has 0 saturated carbocycles. The lowest BCUT2D eigenvalue weighted by atomic mass is 10.1. The fourth-order valence-electron chi connectivity index (χ4n) is 3.37. The fourth-order valence-corrected chi connectivity index (χ4v) is 3.37. The highest BCUT2D eigenvalue weighted by molar-refractivity contribution is 5.74. The molecule has 3 aromatic heterocycles. The summed E-state index contributed by atoms with van der Waals surface area (Å²) in [5, 5.41) is 6.26. The van der Waals surface area contributed by atoms with Gasteiger partial charge in [-0.25, -0.2) is 19.7 Å². The summed E-state index contributed by atoms with van der Waals surface area (Å²) in [6, 6.07) is 8.06. The number of imidazole rings is 1. The van der Waals surface area contributed by atoms with Crippen LogP contribution >= 0.6 is 0 Å². The minimum atomic E-state index is 0.0156. The number of carbonyl (C=O) groups is 1. The van der Waals surface area contributed by atoms with Gasteiger partial charge in [-0.15, -0.1) is 0 Å². The third-order valence-electron chi connectivity index (χ3n) is 4.78. The molecular formula is C19H23N7O. The quantitative estimate of drug-likeness (QED) is 0.741. The van der Waals surface area contributed by atoms with E-state index in [0.717, 1.165) is 43.0 Å². The van der Waals surface area contributed by atoms with Crippen LogP contribution in [0.5, 0.6) is 0 Å². The van der Waals surface area contributed by atoms with E-state index in [1.165, 1.54) is 0 Å². The molecule has 1 fully saturated rings. The van der Waals surface area contributed by atoms with E-state index in [1.54, 1.807) is 6.20 Å². The minimum Gasteiger partial charge on any atom is -0.351 e. The zero-order valence-corrected chi connectivity index (χ0v) is 15.3. The molecule has 0 radical (unpaired) electrons. The molecule has 0 aliphatic carbocycles. The summed E-state index contributed by atoms with van der Waals surface area (Å²) >= 11 is 0. The van der Waals surface area contributed by atoms with E-state index in [1.807, 2.05) is 52.9 Å². The van der Waals surface area contributed by atoms with Crippen molar-refractivity contribution in [3.8, 4) is 11.4 Å². The summed E-state index contributed by atoms with van der Waals surface area (Å²) in [5.74, 6) is 0.606. The molecule has 1 aliphatic heterocycles. The van der Waals surface area contributed by atoms with E-state index in [0.29, 0.717) is 12.5 Å². The SMILES string of the molecule is CCNC(=O)N1CCC(Nc2nccc(-c3cnc4ccccn34)n2)CC1. The van der Waals surface area contributed by atoms with Crippen molar-refractivity contribution >= 4 is 17.6 Å². The van der Waals surface area contributed by atoms with Crippen LogP contribution < -0.4 is 10.6 Å². The van der Waals surface area contributed by atoms with Gasteiger partial charge in [-0.2, -0.15) is 0 Å². The Labute approximate surface area is 157 Å². The van der Waals surface area contributed by atoms with E-state index in [2.05, 4.69) is 25.6 Å². The summed E-state index contributed by atoms with van der Waals surface area (Å²) in [5.41, 5.74) is 2.64. The van der Waals surface area contributed by atoms with Crippen LogP contribution in [0.1, 0.15) is 19.8 Å². The molecule has 1 aliphatic rings. The normalized spacial score (nSPS) is 15.1. The molecule has 8 heteroatoms. The van der Waals surface area contributed by atoms with Crippen molar-refractivity contribution in [2.75, 3.05) is 25.0 Å². The largest absolute Gasteiger partial charge is 0.351 e. The Bertz CT molecular complexity index is 930. The number of hydrogen-bond acceptors (Lipinski definition) is 5. The highest BCUT2D eigenvalue weighted by atomic mass is 16.2. The number of likely N-dealkylation sites (tertiary alicyclic amines) is 1. The molecule has 2 amide bonds. The molecule has 3 aromatic rings. The van der Waals surface area contributed by atoms with Gasteiger partial charge in [-0.05, 0) is 38.0 Å². The van der Waals surface area contributed by atoms with Gasteiger partial charge in [-0.3, -0.25) is 4.40 Å². The number of amides is 2. The van der Waals surface area contributed by atoms with Crippen LogP contribution in [0.15, 0.2) is 42.9 Å². The Morgan fingerprint density at radius 1 is 1.22 bits per heavy atom. The van der Waals surface area contributed by atoms with Crippen LogP contribution in [0, 0.1) is 0 Å². The molecule has 4 rings (SSSR count). The van der Waals surface area contributed by atoms with Crippen molar-refractivity contribution in [2.24, 2.45) is 0 Å². The van der Waals surface area contributed by atoms with Gasteiger partial charge < -0.3 is 15.5 Å². The summed E-state index contributed by atoms with van der Waals surface area (Å²) in [7, 11) is 0. The summed E-state index contributed by atoms with van der Waals surface area (Å²) in [6.07, 6.45) is 7.31. The van der Waals surface area contributed by atoms with E-state index in [4.69, 9.17) is 0 Å². The Balaban J connectivity index is 1.44. The lowest BCUT2D eigenvalue weighted by Gasteiger charge is -2.32. The first kappa shape index (κ1) is 17.3. The molecule has 1 saturated heterocycles. The zero-order valence-electron chi connectivity index (χ0n) is 15.3. The second-order valence-corrected chi connectivity index (χ2v) is 6.58. The lowest BCUT2D eigenvalue weighted by Crippen LogP contribution is -2.46. The molecule has 0 unspecified atom stereocenters. The van der Waals surface area contributed by atoms with E-state index < -0.39 is 0 Å². The number of urea groups is 1. The van der Waals surface area contributed by atoms with Crippen molar-refractivity contribution in [3.05, 3.63) is 42.9 Å². The fraction of sp³-hybridized carbons (Fsp3) is 0.368. The number of rotatable bonds is 4. The highest BCUT2D eigenvalue weighted by Crippen LogP contribution is 2.20. The number of nitrogens with one attached hydrogen (secondary N) is 2. The third-order valence-corrected chi connectivity index (χ3v) is 4.78. The van der Waals surface area contributed by atoms with Crippen molar-refractivity contribution in [1.29, 1.82) is 0 Å². The maximum atomic E-state index is 11.9. The number of fused-ring (bicyclic) bond motifs is 1. The van der Waals surface area contributed by atoms with Crippen LogP contribution in [0.25, 0.3) is 17.0 Å². The van der Waals surface area contributed by atoms with Crippen LogP contribution in [0.4, 0.5) is 10.7 Å². The van der Waals surface area contributed by atoms with E-state index in [-0.39, 0.29) is 12.1 Å². The van der Waals surface area contributed by atoms with Crippen LogP contribution in [-0.2, 0) is 0 Å². The van der Waals surface area contributed by atoms with Crippen molar-refractivity contribution in [1.82, 2.24) is 29.6 Å². The number of piperidine rings is 1. The Hall–Kier alpha value is -3.16. The number of nitrogens with zero attached hydrogens (tertiary/aromatic N) is 5. The monoisotopic (exact) mass is 365 g/mol. The molecule has 140 valence electrons. The number of hydrogen-bond donors (Lipinski definition) is 2. The van der Waals surface area contributed by atoms with Crippen molar-refractivity contribution in [2.45, 2.75) is 25.8 Å². The van der Waals surface area contributed by atoms with Crippen molar-refractivity contribution in [3.63, 3.8) is 0 Å². The van der Waals surface area contributed by atoms with Gasteiger partial charge in [0, 0.05) is 38.1 Å². The first-order valence-corrected chi connectivity index (χ1v) is 9.29. The highest BCUT2D eigenvalue weighted by Gasteiger charge is 2.23. The molecule has 0 bridgehead atoms. The summed E-state index contributed by atoms with van der Waals surface area (Å²) < 4.78 is 2.01. The predicted octanol–water partition coefficient (Wildman–Crippen LogP) is 2.40. The van der Waals surface area contributed by atoms with Gasteiger partial charge in [0.15, 0.2) is 0 Å². The first-order chi connectivity index (χ1) is 13.2. The van der Waals surface area contributed by atoms with Gasteiger partial charge in [0.05, 0.1) is 17.6 Å². The maximum absolute atomic E-state index is 11.9. The third kappa shape index (κ3) is 3.69. The molecule has 0 spiro atoms. The molecular weight excluding hydrogens is 342 g/mol. The molecule has 0 aromatic carbocycles. The summed E-state index contributed by atoms with van der Waals surface area (Å²) in [4.78, 5) is 27.2. The lowest BCUT2D eigenvalue weighted by molar-refractivity contribution is 0.184. The number of carbonyl (C=O) groups excluding carboxylic acids is 1. The second kappa shape index (κ2) is 7.61. The van der Waals surface area contributed by atoms with Crippen LogP contribution in [0.3, 0.4) is 0 Å². The Morgan fingerprint density at radius 2 is 2.07 bits per heavy atom. The molecule has 2 N–H and O–H groups in total. The summed E-state index contributed by atoms with van der Waals surface area (Å²) in [6.45, 7) is 4.05. The standard InChI is InChI=1S/C19H23N7O/c1-2-20-19(27)25-11-7-14(8-12-25)23-18-21-9-6-15(24-18)16-13-22-17-5-3-4-10-26(16)17/h3-6,9-10,13-14H,2,7-8,11-12H2,1H3,(H,20,27)(H,21,23,24). The molecule has 8 nitrogen and oxygen atoms in total. The number of anilines is 1. The predicted molar refractivity (Wildman–Crippen MR) is 104 cm³/mol. The number of pyridine rings is 1. The minimum absolute atomic E-state index is 0.0156. The smallest absolute Gasteiger partial charge is 0.317 e. The topological polar surface area (TPSA) is 87.5 Å². The van der Waals surface area contributed by atoms with E-state index >= 15 is 0 Å². The average Bonchev–Trinajstić information content (AvgIpc) is 3.13. The van der Waals surface area contributed by atoms with Gasteiger partial charge in [0.2, 0.25) is 5.95 Å². The molecule has 27 heavy (non-hydrogen) atoms. The Kier molecular flexibility index (Phi) is 4.86. The van der Waals surface area contributed by atoms with Crippen LogP contribution in [0.2, 0.25) is 0 Å². The molecule has 4 heterocycles. The first-order valence-electron chi connectivity index (χ1n) is 9.29. The second-order valence-electron chi connectivity index (χ2n) is 6.58. The Morgan fingerprint density at radius 3 is 2.89 bits per heavy atom. The maximum Gasteiger partial charge on any atom is 0.317 e. The van der Waals surface area contributed by atoms with Gasteiger partial charge in [0.25, 0.3) is 0 Å². The van der Waals surface area contributed by atoms with Gasteiger partial charge >= 0.3 is 6.03 Å². The van der Waals surface area contributed by atoms with Gasteiger partial charge in [-0.1, -0.05) is 6.07 Å².